The molecule has 0 saturated heterocycles. The van der Waals surface area contributed by atoms with E-state index in [9.17, 15) is 0 Å². The molecule has 1 N–H and O–H groups in total. The van der Waals surface area contributed by atoms with Gasteiger partial charge in [-0.25, -0.2) is 0 Å². The van der Waals surface area contributed by atoms with Crippen molar-refractivity contribution in [3.63, 3.8) is 0 Å². The van der Waals surface area contributed by atoms with Crippen LogP contribution >= 0.6 is 0 Å². The van der Waals surface area contributed by atoms with Crippen LogP contribution in [0.5, 0.6) is 0 Å². The van der Waals surface area contributed by atoms with Crippen molar-refractivity contribution >= 4 is 7.41 Å². The normalized spacial score (nSPS) is 13.5. The second kappa shape index (κ2) is 7.35. The van der Waals surface area contributed by atoms with Gasteiger partial charge in [-0.2, -0.15) is 0 Å². The van der Waals surface area contributed by atoms with Crippen molar-refractivity contribution in [2.75, 3.05) is 14.1 Å². The molecule has 0 spiro atoms. The first kappa shape index (κ1) is 14.0. The minimum Gasteiger partial charge on any atom is -0.366 e. The fraction of sp³-hybridized carbons (Fsp3) is 0.500. The van der Waals surface area contributed by atoms with Gasteiger partial charge in [0, 0.05) is 5.70 Å². The Morgan fingerprint density at radius 2 is 2.13 bits per heavy atom. The Morgan fingerprint density at radius 3 is 2.47 bits per heavy atom. The third-order valence-electron chi connectivity index (χ3n) is 2.38. The smallest absolute Gasteiger partial charge is 0.211 e. The van der Waals surface area contributed by atoms with Crippen molar-refractivity contribution in [1.29, 1.82) is 0 Å². The van der Waals surface area contributed by atoms with Crippen molar-refractivity contribution in [3.8, 4) is 0 Å². The molecule has 0 aliphatic heterocycles. The van der Waals surface area contributed by atoms with Crippen LogP contribution in [-0.2, 0) is 0 Å². The predicted octanol–water partition coefficient (Wildman–Crippen LogP) is 2.29. The minimum absolute atomic E-state index is 0.499. The van der Waals surface area contributed by atoms with Gasteiger partial charge in [0.25, 0.3) is 0 Å². The molecule has 0 aromatic carbocycles. The molecule has 0 heterocycles. The summed E-state index contributed by atoms with van der Waals surface area (Å²) in [6.45, 7) is 11.9. The molecule has 0 aliphatic rings. The van der Waals surface area contributed by atoms with E-state index in [1.54, 1.807) is 6.20 Å². The van der Waals surface area contributed by atoms with Crippen molar-refractivity contribution < 1.29 is 0 Å². The van der Waals surface area contributed by atoms with Crippen molar-refractivity contribution in [2.45, 2.75) is 26.1 Å². The Bertz CT molecular complexity index is 244. The highest BCUT2D eigenvalue weighted by molar-refractivity contribution is 6.35. The molecular weight excluding hydrogens is 183 g/mol. The van der Waals surface area contributed by atoms with Gasteiger partial charge in [-0.15, -0.1) is 6.58 Å². The highest BCUT2D eigenvalue weighted by Crippen LogP contribution is 2.22. The standard InChI is InChI=1S/C12H23BN2/c1-7-11(14-8-2)9-12(10(3)4)13-15(5)6/h7-8,12-14H,2-3,9H2,1,4-6H3/b11-7-. The molecule has 0 fully saturated rings. The summed E-state index contributed by atoms with van der Waals surface area (Å²) in [6.07, 6.45) is 4.81. The SMILES string of the molecule is C=CN/C(=C\C)CC(BN(C)C)C(=C)C. The van der Waals surface area contributed by atoms with Gasteiger partial charge in [0.2, 0.25) is 7.41 Å². The molecule has 0 aromatic heterocycles. The van der Waals surface area contributed by atoms with Crippen molar-refractivity contribution in [1.82, 2.24) is 10.1 Å². The Morgan fingerprint density at radius 1 is 1.53 bits per heavy atom. The van der Waals surface area contributed by atoms with Gasteiger partial charge >= 0.3 is 0 Å². The summed E-state index contributed by atoms with van der Waals surface area (Å²) in [5.41, 5.74) is 2.44. The largest absolute Gasteiger partial charge is 0.366 e. The lowest BCUT2D eigenvalue weighted by Gasteiger charge is -2.21. The van der Waals surface area contributed by atoms with Gasteiger partial charge < -0.3 is 10.1 Å². The van der Waals surface area contributed by atoms with Gasteiger partial charge in [-0.1, -0.05) is 18.2 Å². The van der Waals surface area contributed by atoms with E-state index in [1.807, 2.05) is 6.92 Å². The van der Waals surface area contributed by atoms with Crippen LogP contribution in [-0.4, -0.2) is 26.3 Å². The average Bonchev–Trinajstić information content (AvgIpc) is 2.14. The van der Waals surface area contributed by atoms with Crippen LogP contribution in [0.2, 0.25) is 5.82 Å². The summed E-state index contributed by atoms with van der Waals surface area (Å²) in [5, 5.41) is 3.16. The molecule has 0 aliphatic carbocycles. The van der Waals surface area contributed by atoms with Gasteiger partial charge in [0.15, 0.2) is 0 Å². The summed E-state index contributed by atoms with van der Waals surface area (Å²) in [6, 6.07) is 0. The molecule has 1 unspecified atom stereocenters. The number of hydrogen-bond donors (Lipinski definition) is 1. The topological polar surface area (TPSA) is 15.3 Å². The quantitative estimate of drug-likeness (QED) is 0.507. The molecule has 0 bridgehead atoms. The van der Waals surface area contributed by atoms with Gasteiger partial charge in [0.1, 0.15) is 0 Å². The highest BCUT2D eigenvalue weighted by Gasteiger charge is 2.14. The van der Waals surface area contributed by atoms with E-state index < -0.39 is 0 Å². The number of allylic oxidation sites excluding steroid dienone is 3. The molecule has 84 valence electrons. The van der Waals surface area contributed by atoms with E-state index >= 15 is 0 Å². The van der Waals surface area contributed by atoms with E-state index in [0.717, 1.165) is 13.8 Å². The fourth-order valence-electron chi connectivity index (χ4n) is 1.49. The average molecular weight is 206 g/mol. The van der Waals surface area contributed by atoms with Gasteiger partial charge in [-0.3, -0.25) is 0 Å². The first-order chi connectivity index (χ1) is 7.01. The van der Waals surface area contributed by atoms with Crippen LogP contribution < -0.4 is 5.32 Å². The first-order valence-electron chi connectivity index (χ1n) is 5.34. The minimum atomic E-state index is 0.499. The molecule has 0 radical (unpaired) electrons. The summed E-state index contributed by atoms with van der Waals surface area (Å²) in [5.74, 6) is 0.499. The fourth-order valence-corrected chi connectivity index (χ4v) is 1.49. The molecule has 15 heavy (non-hydrogen) atoms. The Labute approximate surface area is 95.0 Å². The highest BCUT2D eigenvalue weighted by atomic mass is 15.0. The van der Waals surface area contributed by atoms with Crippen LogP contribution in [0.4, 0.5) is 0 Å². The Hall–Kier alpha value is -0.955. The van der Waals surface area contributed by atoms with Crippen LogP contribution in [0.25, 0.3) is 0 Å². The monoisotopic (exact) mass is 206 g/mol. The molecule has 3 heteroatoms. The van der Waals surface area contributed by atoms with Gasteiger partial charge in [0.05, 0.1) is 0 Å². The summed E-state index contributed by atoms with van der Waals surface area (Å²) in [7, 11) is 5.21. The number of nitrogens with zero attached hydrogens (tertiary/aromatic N) is 1. The summed E-state index contributed by atoms with van der Waals surface area (Å²) < 4.78 is 0. The molecule has 0 aromatic rings. The molecule has 2 nitrogen and oxygen atoms in total. The Balaban J connectivity index is 4.38. The lowest BCUT2D eigenvalue weighted by molar-refractivity contribution is 0.639. The first-order valence-corrected chi connectivity index (χ1v) is 5.34. The molecule has 0 rings (SSSR count). The molecular formula is C12H23BN2. The maximum atomic E-state index is 4.05. The second-order valence-corrected chi connectivity index (χ2v) is 4.17. The van der Waals surface area contributed by atoms with E-state index in [0.29, 0.717) is 5.82 Å². The van der Waals surface area contributed by atoms with E-state index in [-0.39, 0.29) is 0 Å². The van der Waals surface area contributed by atoms with Crippen molar-refractivity contribution in [3.05, 3.63) is 36.7 Å². The summed E-state index contributed by atoms with van der Waals surface area (Å²) in [4.78, 5) is 2.19. The lowest BCUT2D eigenvalue weighted by atomic mass is 9.68. The zero-order chi connectivity index (χ0) is 11.8. The Kier molecular flexibility index (Phi) is 6.88. The maximum absolute atomic E-state index is 4.05. The van der Waals surface area contributed by atoms with Crippen molar-refractivity contribution in [2.24, 2.45) is 0 Å². The van der Waals surface area contributed by atoms with E-state index in [4.69, 9.17) is 0 Å². The van der Waals surface area contributed by atoms with Crippen LogP contribution in [0.15, 0.2) is 36.7 Å². The number of nitrogens with one attached hydrogen (secondary N) is 1. The van der Waals surface area contributed by atoms with Crippen LogP contribution in [0.3, 0.4) is 0 Å². The molecule has 0 amide bonds. The maximum Gasteiger partial charge on any atom is 0.211 e. The number of hydrogen-bond acceptors (Lipinski definition) is 2. The molecule has 1 atom stereocenters. The summed E-state index contributed by atoms with van der Waals surface area (Å²) >= 11 is 0. The van der Waals surface area contributed by atoms with Crippen LogP contribution in [0, 0.1) is 0 Å². The third-order valence-corrected chi connectivity index (χ3v) is 2.38. The zero-order valence-corrected chi connectivity index (χ0v) is 10.5. The molecule has 0 saturated carbocycles. The third kappa shape index (κ3) is 6.18. The number of rotatable bonds is 7. The zero-order valence-electron chi connectivity index (χ0n) is 10.5. The second-order valence-electron chi connectivity index (χ2n) is 4.17. The van der Waals surface area contributed by atoms with E-state index in [2.05, 4.69) is 50.4 Å². The van der Waals surface area contributed by atoms with Crippen LogP contribution in [0.1, 0.15) is 20.3 Å². The predicted molar refractivity (Wildman–Crippen MR) is 71.1 cm³/mol. The lowest BCUT2D eigenvalue weighted by Crippen LogP contribution is -2.24. The van der Waals surface area contributed by atoms with Gasteiger partial charge in [-0.05, 0) is 46.4 Å². The van der Waals surface area contributed by atoms with E-state index in [1.165, 1.54) is 11.3 Å².